The second-order valence-electron chi connectivity index (χ2n) is 18.6. The molecule has 2 saturated carbocycles. The minimum atomic E-state index is -2.20. The SMILES string of the molecule is COC(=O)C1=C[C@H]2[C@H]3CC=C[C@@H]([C@@H]2O[C@]24O[C@@](CC[C@@H]2O)(COCCC3)[C@]23OC(CCCO)=c5[nH]c([C@H](C)C6CCCCC6)cc5=C2CC[C@@]4(O)[C@H]3O)[C@@H]1CC(=O)O. The van der Waals surface area contributed by atoms with Crippen molar-refractivity contribution in [2.45, 2.75) is 150 Å². The van der Waals surface area contributed by atoms with Gasteiger partial charge in [-0.25, -0.2) is 4.79 Å². The molecule has 58 heavy (non-hydrogen) atoms. The summed E-state index contributed by atoms with van der Waals surface area (Å²) in [6.07, 6.45) is 11.0. The standard InChI is InChI=1S/C45H61NO12/c1-25(26-9-4-3-5-10-26)34-22-32-33-15-18-43(53)41(52)44(33,56-35(14-7-19-47)38(32)46-34)42-17-16-36(48)45(43,58-42)57-39-28-13-6-11-27(12-8-20-55-24-42)29(39)21-31(40(51)54-2)30(28)23-37(49)50/h6,13,21-22,25-30,36,39,41,46-48,52-53H,3-5,7-12,14-20,23-24H2,1-2H3,(H,49,50)/t25-,27+,28-,29+,30+,36+,39+,41-,42+,43-,44+,45+/m1/s1. The molecule has 4 aliphatic heterocycles. The molecular formula is C45H61NO12. The van der Waals surface area contributed by atoms with Crippen LogP contribution in [0.15, 0.2) is 29.9 Å². The number of aromatic amines is 1. The van der Waals surface area contributed by atoms with Crippen LogP contribution in [0.3, 0.4) is 0 Å². The molecule has 1 aromatic rings. The number of carboxylic acid groups (broad SMARTS) is 1. The number of aliphatic hydroxyl groups is 4. The molecule has 4 aliphatic carbocycles. The van der Waals surface area contributed by atoms with Crippen molar-refractivity contribution in [3.63, 3.8) is 0 Å². The molecule has 6 N–H and O–H groups in total. The maximum absolute atomic E-state index is 13.3. The fourth-order valence-electron chi connectivity index (χ4n) is 12.8. The zero-order valence-corrected chi connectivity index (χ0v) is 33.8. The summed E-state index contributed by atoms with van der Waals surface area (Å²) in [4.78, 5) is 29.4. The first kappa shape index (κ1) is 40.4. The Balaban J connectivity index is 1.22. The van der Waals surface area contributed by atoms with Crippen LogP contribution in [0.2, 0.25) is 0 Å². The molecule has 0 aromatic carbocycles. The number of carbonyl (C=O) groups excluding carboxylic acids is 1. The van der Waals surface area contributed by atoms with Crippen LogP contribution < -0.4 is 10.6 Å². The van der Waals surface area contributed by atoms with Gasteiger partial charge < -0.3 is 54.2 Å². The minimum absolute atomic E-state index is 0.00564. The molecule has 318 valence electrons. The largest absolute Gasteiger partial charge is 0.481 e. The number of rotatable bonds is 8. The number of carboxylic acids is 1. The average Bonchev–Trinajstić information content (AvgIpc) is 3.62. The molecule has 9 rings (SSSR count). The number of aromatic nitrogens is 1. The molecule has 1 aromatic heterocycles. The average molecular weight is 808 g/mol. The Morgan fingerprint density at radius 3 is 2.64 bits per heavy atom. The van der Waals surface area contributed by atoms with Gasteiger partial charge in [-0.1, -0.05) is 44.4 Å². The van der Waals surface area contributed by atoms with Crippen LogP contribution in [0.5, 0.6) is 0 Å². The molecule has 1 spiro atoms. The van der Waals surface area contributed by atoms with Gasteiger partial charge in [0, 0.05) is 53.9 Å². The number of nitrogens with one attached hydrogen (secondary N) is 1. The van der Waals surface area contributed by atoms with E-state index in [0.717, 1.165) is 21.8 Å². The smallest absolute Gasteiger partial charge is 0.333 e. The van der Waals surface area contributed by atoms with E-state index in [9.17, 15) is 35.1 Å². The van der Waals surface area contributed by atoms with Crippen LogP contribution in [0.4, 0.5) is 0 Å². The summed E-state index contributed by atoms with van der Waals surface area (Å²) >= 11 is 0. The quantitative estimate of drug-likeness (QED) is 0.166. The third kappa shape index (κ3) is 5.88. The lowest BCUT2D eigenvalue weighted by atomic mass is 9.53. The van der Waals surface area contributed by atoms with Gasteiger partial charge in [0.25, 0.3) is 0 Å². The second kappa shape index (κ2) is 15.1. The predicted octanol–water partition coefficient (Wildman–Crippen LogP) is 3.21. The number of esters is 1. The van der Waals surface area contributed by atoms with E-state index < -0.39 is 70.6 Å². The van der Waals surface area contributed by atoms with Crippen molar-refractivity contribution in [1.82, 2.24) is 4.98 Å². The Hall–Kier alpha value is -3.04. The lowest BCUT2D eigenvalue weighted by Gasteiger charge is -2.71. The fourth-order valence-corrected chi connectivity index (χ4v) is 12.8. The van der Waals surface area contributed by atoms with E-state index >= 15 is 0 Å². The number of ether oxygens (including phenoxy) is 5. The molecule has 8 aliphatic rings. The first-order valence-corrected chi connectivity index (χ1v) is 21.9. The summed E-state index contributed by atoms with van der Waals surface area (Å²) < 4.78 is 33.6. The van der Waals surface area contributed by atoms with E-state index in [2.05, 4.69) is 18.0 Å². The predicted molar refractivity (Wildman–Crippen MR) is 209 cm³/mol. The number of aliphatic hydroxyl groups excluding tert-OH is 3. The highest BCUT2D eigenvalue weighted by Gasteiger charge is 2.83. The number of methoxy groups -OCH3 is 1. The van der Waals surface area contributed by atoms with Crippen molar-refractivity contribution in [1.29, 1.82) is 0 Å². The van der Waals surface area contributed by atoms with Crippen molar-refractivity contribution < 1.29 is 58.8 Å². The van der Waals surface area contributed by atoms with Crippen LogP contribution in [-0.2, 0) is 33.3 Å². The van der Waals surface area contributed by atoms with Crippen molar-refractivity contribution in [3.8, 4) is 0 Å². The highest BCUT2D eigenvalue weighted by molar-refractivity contribution is 5.90. The summed E-state index contributed by atoms with van der Waals surface area (Å²) in [6.45, 7) is 2.57. The maximum Gasteiger partial charge on any atom is 0.333 e. The van der Waals surface area contributed by atoms with Crippen LogP contribution in [0, 0.1) is 29.6 Å². The van der Waals surface area contributed by atoms with Crippen LogP contribution in [0.25, 0.3) is 11.3 Å². The molecule has 0 amide bonds. The lowest BCUT2D eigenvalue weighted by Crippen LogP contribution is -2.89. The first-order valence-electron chi connectivity index (χ1n) is 21.9. The van der Waals surface area contributed by atoms with Gasteiger partial charge in [-0.15, -0.1) is 0 Å². The Labute approximate surface area is 339 Å². The lowest BCUT2D eigenvalue weighted by molar-refractivity contribution is -0.489. The summed E-state index contributed by atoms with van der Waals surface area (Å²) in [7, 11) is 1.28. The van der Waals surface area contributed by atoms with Gasteiger partial charge >= 0.3 is 11.9 Å². The van der Waals surface area contributed by atoms with Crippen molar-refractivity contribution in [2.24, 2.45) is 29.6 Å². The van der Waals surface area contributed by atoms with Gasteiger partial charge in [0.1, 0.15) is 23.6 Å². The molecule has 0 unspecified atom stereocenters. The van der Waals surface area contributed by atoms with E-state index in [0.29, 0.717) is 56.8 Å². The highest BCUT2D eigenvalue weighted by Crippen LogP contribution is 2.66. The Morgan fingerprint density at radius 2 is 1.88 bits per heavy atom. The maximum atomic E-state index is 13.3. The molecule has 5 fully saturated rings. The molecule has 0 radical (unpaired) electrons. The second-order valence-corrected chi connectivity index (χ2v) is 18.6. The van der Waals surface area contributed by atoms with E-state index in [1.165, 1.54) is 39.2 Å². The van der Waals surface area contributed by atoms with Crippen molar-refractivity contribution >= 4 is 23.3 Å². The topological polar surface area (TPSA) is 197 Å². The number of aliphatic carboxylic acids is 1. The first-order chi connectivity index (χ1) is 27.9. The molecule has 13 nitrogen and oxygen atoms in total. The van der Waals surface area contributed by atoms with Gasteiger partial charge in [0.2, 0.25) is 5.79 Å². The van der Waals surface area contributed by atoms with Gasteiger partial charge in [-0.2, -0.15) is 0 Å². The zero-order chi connectivity index (χ0) is 40.6. The molecule has 8 bridgehead atoms. The number of hydrogen-bond donors (Lipinski definition) is 6. The molecular weight excluding hydrogens is 746 g/mol. The summed E-state index contributed by atoms with van der Waals surface area (Å²) in [5, 5.41) is 60.7. The van der Waals surface area contributed by atoms with Crippen molar-refractivity contribution in [2.75, 3.05) is 26.9 Å². The van der Waals surface area contributed by atoms with Crippen LogP contribution >= 0.6 is 0 Å². The van der Waals surface area contributed by atoms with Crippen molar-refractivity contribution in [3.05, 3.63) is 46.1 Å². The van der Waals surface area contributed by atoms with E-state index in [1.54, 1.807) is 6.08 Å². The highest BCUT2D eigenvalue weighted by atomic mass is 16.8. The third-order valence-electron chi connectivity index (χ3n) is 15.7. The Kier molecular flexibility index (Phi) is 10.5. The van der Waals surface area contributed by atoms with Gasteiger partial charge in [0.15, 0.2) is 11.2 Å². The monoisotopic (exact) mass is 807 g/mol. The van der Waals surface area contributed by atoms with Gasteiger partial charge in [0.05, 0.1) is 31.6 Å². The normalized spacial score (nSPS) is 41.3. The van der Waals surface area contributed by atoms with E-state index in [4.69, 9.17) is 23.7 Å². The van der Waals surface area contributed by atoms with Gasteiger partial charge in [-0.05, 0) is 93.6 Å². The van der Waals surface area contributed by atoms with Gasteiger partial charge in [-0.3, -0.25) is 4.79 Å². The summed E-state index contributed by atoms with van der Waals surface area (Å²) in [5.41, 5.74) is -3.09. The van der Waals surface area contributed by atoms with E-state index in [1.807, 2.05) is 12.2 Å². The molecule has 5 heterocycles. The number of allylic oxidation sites excluding steroid dienone is 1. The van der Waals surface area contributed by atoms with Crippen LogP contribution in [-0.4, -0.2) is 110 Å². The number of fused-ring (bicyclic) bond motifs is 2. The Bertz CT molecular complexity index is 1970. The number of hydrogen-bond acceptors (Lipinski definition) is 11. The Morgan fingerprint density at radius 1 is 1.07 bits per heavy atom. The third-order valence-corrected chi connectivity index (χ3v) is 15.7. The molecule has 12 atom stereocenters. The number of carbonyl (C=O) groups is 2. The summed E-state index contributed by atoms with van der Waals surface area (Å²) in [5.74, 6) is -4.45. The zero-order valence-electron chi connectivity index (χ0n) is 33.8. The minimum Gasteiger partial charge on any atom is -0.481 e. The van der Waals surface area contributed by atoms with E-state index in [-0.39, 0.29) is 56.3 Å². The molecule has 13 heteroatoms. The number of H-pyrrole nitrogens is 1. The van der Waals surface area contributed by atoms with Crippen LogP contribution in [0.1, 0.15) is 115 Å². The molecule has 3 saturated heterocycles. The summed E-state index contributed by atoms with van der Waals surface area (Å²) in [6, 6.07) is 2.21. The fraction of sp³-hybridized carbons (Fsp3) is 0.733.